The van der Waals surface area contributed by atoms with Crippen LogP contribution >= 0.6 is 0 Å². The average molecular weight is 171 g/mol. The molecule has 0 saturated heterocycles. The third-order valence-electron chi connectivity index (χ3n) is 2.10. The highest BCUT2D eigenvalue weighted by Crippen LogP contribution is 2.22. The predicted molar refractivity (Wildman–Crippen MR) is 52.3 cm³/mol. The molecule has 1 aromatic heterocycles. The van der Waals surface area contributed by atoms with E-state index in [1.54, 1.807) is 6.26 Å². The monoisotopic (exact) mass is 171 g/mol. The maximum atomic E-state index is 5.31. The van der Waals surface area contributed by atoms with Crippen LogP contribution in [0.15, 0.2) is 53.1 Å². The second-order valence-electron chi connectivity index (χ2n) is 2.97. The Morgan fingerprint density at radius 1 is 1.00 bits per heavy atom. The number of furan rings is 1. The van der Waals surface area contributed by atoms with Gasteiger partial charge in [0.05, 0.1) is 12.2 Å². The molecule has 1 heteroatoms. The Kier molecular flexibility index (Phi) is 2.17. The van der Waals surface area contributed by atoms with E-state index in [0.29, 0.717) is 0 Å². The van der Waals surface area contributed by atoms with E-state index in [1.165, 1.54) is 11.5 Å². The Bertz CT molecular complexity index is 348. The average Bonchev–Trinajstić information content (AvgIpc) is 2.71. The molecule has 0 aliphatic carbocycles. The molecule has 0 fully saturated rings. The van der Waals surface area contributed by atoms with E-state index in [9.17, 15) is 0 Å². The van der Waals surface area contributed by atoms with Crippen LogP contribution in [0, 0.1) is 5.92 Å². The minimum atomic E-state index is 0.936. The van der Waals surface area contributed by atoms with Gasteiger partial charge in [-0.2, -0.15) is 0 Å². The van der Waals surface area contributed by atoms with Crippen molar-refractivity contribution in [1.29, 1.82) is 0 Å². The summed E-state index contributed by atoms with van der Waals surface area (Å²) in [6.07, 6.45) is 1.70. The maximum absolute atomic E-state index is 5.31. The molecule has 2 rings (SSSR count). The van der Waals surface area contributed by atoms with Gasteiger partial charge in [-0.15, -0.1) is 0 Å². The van der Waals surface area contributed by atoms with Gasteiger partial charge in [-0.05, 0) is 24.6 Å². The summed E-state index contributed by atoms with van der Waals surface area (Å²) >= 11 is 0. The summed E-state index contributed by atoms with van der Waals surface area (Å²) < 4.78 is 5.31. The van der Waals surface area contributed by atoms with E-state index in [0.717, 1.165) is 5.76 Å². The van der Waals surface area contributed by atoms with Crippen molar-refractivity contribution in [2.24, 2.45) is 0 Å². The highest BCUT2D eigenvalue weighted by molar-refractivity contribution is 5.39. The van der Waals surface area contributed by atoms with Gasteiger partial charge in [-0.25, -0.2) is 0 Å². The molecule has 1 aromatic carbocycles. The molecule has 0 unspecified atom stereocenters. The lowest BCUT2D eigenvalue weighted by atomic mass is 9.99. The smallest absolute Gasteiger partial charge is 0.115 e. The van der Waals surface area contributed by atoms with Gasteiger partial charge in [0.15, 0.2) is 0 Å². The summed E-state index contributed by atoms with van der Waals surface area (Å²) in [5.74, 6) is 2.11. The molecule has 13 heavy (non-hydrogen) atoms. The van der Waals surface area contributed by atoms with E-state index in [2.05, 4.69) is 19.1 Å². The van der Waals surface area contributed by atoms with Crippen molar-refractivity contribution in [3.05, 3.63) is 66.0 Å². The van der Waals surface area contributed by atoms with Crippen molar-refractivity contribution in [3.8, 4) is 0 Å². The van der Waals surface area contributed by atoms with E-state index in [4.69, 9.17) is 4.42 Å². The number of hydrogen-bond acceptors (Lipinski definition) is 1. The Labute approximate surface area is 78.0 Å². The molecule has 0 N–H and O–H groups in total. The first-order valence-corrected chi connectivity index (χ1v) is 4.31. The highest BCUT2D eigenvalue weighted by Gasteiger charge is 2.10. The van der Waals surface area contributed by atoms with Gasteiger partial charge in [0, 0.05) is 0 Å². The fraction of sp³-hybridized carbons (Fsp3) is 0.0833. The summed E-state index contributed by atoms with van der Waals surface area (Å²) in [5.41, 5.74) is 1.21. The van der Waals surface area contributed by atoms with Gasteiger partial charge in [0.25, 0.3) is 0 Å². The van der Waals surface area contributed by atoms with Crippen molar-refractivity contribution >= 4 is 0 Å². The van der Waals surface area contributed by atoms with Crippen molar-refractivity contribution in [3.63, 3.8) is 0 Å². The molecular formula is C12H11O. The molecule has 2 aromatic rings. The lowest BCUT2D eigenvalue weighted by Crippen LogP contribution is -1.93. The van der Waals surface area contributed by atoms with Crippen LogP contribution in [0.3, 0.4) is 0 Å². The molecule has 1 nitrogen and oxygen atoms in total. The quantitative estimate of drug-likeness (QED) is 0.675. The lowest BCUT2D eigenvalue weighted by Gasteiger charge is -2.06. The largest absolute Gasteiger partial charge is 0.468 e. The molecule has 0 aliphatic heterocycles. The minimum Gasteiger partial charge on any atom is -0.468 e. The lowest BCUT2D eigenvalue weighted by molar-refractivity contribution is 0.530. The Morgan fingerprint density at radius 3 is 2.38 bits per heavy atom. The second-order valence-corrected chi connectivity index (χ2v) is 2.97. The van der Waals surface area contributed by atoms with Crippen molar-refractivity contribution in [2.45, 2.75) is 6.92 Å². The summed E-state index contributed by atoms with van der Waals surface area (Å²) in [6, 6.07) is 14.1. The van der Waals surface area contributed by atoms with Crippen molar-refractivity contribution < 1.29 is 4.42 Å². The third-order valence-corrected chi connectivity index (χ3v) is 2.10. The van der Waals surface area contributed by atoms with Gasteiger partial charge in [-0.1, -0.05) is 30.3 Å². The number of hydrogen-bond donors (Lipinski definition) is 0. The first kappa shape index (κ1) is 8.11. The zero-order chi connectivity index (χ0) is 9.10. The van der Waals surface area contributed by atoms with Crippen LogP contribution in [0.1, 0.15) is 18.2 Å². The maximum Gasteiger partial charge on any atom is 0.115 e. The van der Waals surface area contributed by atoms with Crippen LogP contribution < -0.4 is 0 Å². The van der Waals surface area contributed by atoms with Crippen LogP contribution in [-0.4, -0.2) is 0 Å². The van der Waals surface area contributed by atoms with Gasteiger partial charge < -0.3 is 4.42 Å². The van der Waals surface area contributed by atoms with Crippen LogP contribution in [0.25, 0.3) is 0 Å². The Morgan fingerprint density at radius 2 is 1.77 bits per heavy atom. The van der Waals surface area contributed by atoms with Gasteiger partial charge in [-0.3, -0.25) is 0 Å². The summed E-state index contributed by atoms with van der Waals surface area (Å²) in [5, 5.41) is 0. The molecule has 0 atom stereocenters. The van der Waals surface area contributed by atoms with Gasteiger partial charge in [0.2, 0.25) is 0 Å². The first-order chi connectivity index (χ1) is 6.38. The molecule has 65 valence electrons. The van der Waals surface area contributed by atoms with Crippen molar-refractivity contribution in [1.82, 2.24) is 0 Å². The van der Waals surface area contributed by atoms with E-state index in [1.807, 2.05) is 30.3 Å². The van der Waals surface area contributed by atoms with Crippen LogP contribution in [0.2, 0.25) is 0 Å². The second kappa shape index (κ2) is 3.48. The molecule has 0 amide bonds. The van der Waals surface area contributed by atoms with Crippen molar-refractivity contribution in [2.75, 3.05) is 0 Å². The van der Waals surface area contributed by atoms with Crippen LogP contribution in [-0.2, 0) is 0 Å². The number of benzene rings is 1. The molecule has 1 heterocycles. The van der Waals surface area contributed by atoms with Gasteiger partial charge >= 0.3 is 0 Å². The van der Waals surface area contributed by atoms with Crippen LogP contribution in [0.5, 0.6) is 0 Å². The molecule has 0 aliphatic rings. The fourth-order valence-corrected chi connectivity index (χ4v) is 1.32. The molecule has 0 spiro atoms. The Hall–Kier alpha value is -1.50. The Balaban J connectivity index is 2.29. The SMILES string of the molecule is C[C](c1ccccc1)c1ccco1. The summed E-state index contributed by atoms with van der Waals surface area (Å²) in [7, 11) is 0. The fourth-order valence-electron chi connectivity index (χ4n) is 1.32. The number of rotatable bonds is 2. The third kappa shape index (κ3) is 1.64. The molecule has 0 bridgehead atoms. The van der Waals surface area contributed by atoms with Gasteiger partial charge in [0.1, 0.15) is 5.76 Å². The molecular weight excluding hydrogens is 160 g/mol. The molecule has 1 radical (unpaired) electrons. The molecule has 0 saturated carbocycles. The normalized spacial score (nSPS) is 10.6. The predicted octanol–water partition coefficient (Wildman–Crippen LogP) is 3.27. The van der Waals surface area contributed by atoms with Crippen LogP contribution in [0.4, 0.5) is 0 Å². The van der Waals surface area contributed by atoms with E-state index >= 15 is 0 Å². The van der Waals surface area contributed by atoms with E-state index in [-0.39, 0.29) is 0 Å². The standard InChI is InChI=1S/C12H11O/c1-10(12-8-5-9-13-12)11-6-3-2-4-7-11/h2-9H,1H3. The minimum absolute atomic E-state index is 0.936. The zero-order valence-corrected chi connectivity index (χ0v) is 7.53. The summed E-state index contributed by atoms with van der Waals surface area (Å²) in [4.78, 5) is 0. The zero-order valence-electron chi connectivity index (χ0n) is 7.53. The first-order valence-electron chi connectivity index (χ1n) is 4.31. The highest BCUT2D eigenvalue weighted by atomic mass is 16.3. The summed E-state index contributed by atoms with van der Waals surface area (Å²) in [6.45, 7) is 2.06. The van der Waals surface area contributed by atoms with E-state index < -0.39 is 0 Å². The topological polar surface area (TPSA) is 13.1 Å².